The molecule has 0 saturated heterocycles. The van der Waals surface area contributed by atoms with Crippen LogP contribution in [0.25, 0.3) is 0 Å². The van der Waals surface area contributed by atoms with Crippen LogP contribution in [0.3, 0.4) is 0 Å². The van der Waals surface area contributed by atoms with E-state index in [0.29, 0.717) is 0 Å². The number of carboxylic acid groups (broad SMARTS) is 2. The Hall–Kier alpha value is -2.90. The van der Waals surface area contributed by atoms with Crippen molar-refractivity contribution in [1.82, 2.24) is 20.4 Å². The quantitative estimate of drug-likeness (QED) is 0.827. The van der Waals surface area contributed by atoms with Crippen molar-refractivity contribution in [3.05, 3.63) is 48.0 Å². The molecule has 110 valence electrons. The van der Waals surface area contributed by atoms with Crippen LogP contribution in [-0.2, 0) is 16.0 Å². The number of aromatic nitrogens is 4. The van der Waals surface area contributed by atoms with Crippen LogP contribution in [0.5, 0.6) is 0 Å². The lowest BCUT2D eigenvalue weighted by atomic mass is 10.1. The highest BCUT2D eigenvalue weighted by Crippen LogP contribution is 2.04. The fourth-order valence-electron chi connectivity index (χ4n) is 1.31. The number of hydrogen-bond donors (Lipinski definition) is 2. The normalized spacial score (nSPS) is 9.33. The van der Waals surface area contributed by atoms with E-state index in [-0.39, 0.29) is 12.8 Å². The van der Waals surface area contributed by atoms with Crippen LogP contribution in [-0.4, -0.2) is 42.5 Å². The molecule has 2 heterocycles. The molecule has 2 N–H and O–H groups in total. The molecule has 8 heteroatoms. The smallest absolute Gasteiger partial charge is 0.303 e. The average Bonchev–Trinajstić information content (AvgIpc) is 2.48. The van der Waals surface area contributed by atoms with Gasteiger partial charge in [-0.3, -0.25) is 14.6 Å². The van der Waals surface area contributed by atoms with Crippen molar-refractivity contribution in [3.8, 4) is 0 Å². The minimum absolute atomic E-state index is 0.296. The summed E-state index contributed by atoms with van der Waals surface area (Å²) < 4.78 is 0. The Morgan fingerprint density at radius 2 is 1.57 bits per heavy atom. The predicted octanol–water partition coefficient (Wildman–Crippen LogP) is 0.793. The summed E-state index contributed by atoms with van der Waals surface area (Å²) in [5.74, 6) is -2.15. The van der Waals surface area contributed by atoms with E-state index in [1.54, 1.807) is 18.6 Å². The van der Waals surface area contributed by atoms with E-state index in [2.05, 4.69) is 20.4 Å². The van der Waals surface area contributed by atoms with Crippen LogP contribution in [0.4, 0.5) is 0 Å². The molecular formula is C13H14N4O4. The molecular weight excluding hydrogens is 276 g/mol. The number of rotatable bonds is 5. The highest BCUT2D eigenvalue weighted by atomic mass is 16.4. The summed E-state index contributed by atoms with van der Waals surface area (Å²) in [5.41, 5.74) is 2.19. The first-order valence-corrected chi connectivity index (χ1v) is 6.02. The highest BCUT2D eigenvalue weighted by Gasteiger charge is 2.00. The van der Waals surface area contributed by atoms with Crippen molar-refractivity contribution >= 4 is 11.9 Å². The Bertz CT molecular complexity index is 511. The minimum atomic E-state index is -1.08. The number of carboxylic acids is 2. The molecule has 2 aromatic heterocycles. The number of aliphatic carboxylic acids is 2. The third kappa shape index (κ3) is 7.98. The van der Waals surface area contributed by atoms with Gasteiger partial charge in [-0.1, -0.05) is 6.07 Å². The highest BCUT2D eigenvalue weighted by molar-refractivity contribution is 5.75. The molecule has 0 radical (unpaired) electrons. The Morgan fingerprint density at radius 1 is 0.952 bits per heavy atom. The maximum Gasteiger partial charge on any atom is 0.303 e. The van der Waals surface area contributed by atoms with Gasteiger partial charge in [0.05, 0.1) is 25.2 Å². The molecule has 0 aliphatic heterocycles. The molecule has 0 amide bonds. The third-order valence-electron chi connectivity index (χ3n) is 2.23. The first kappa shape index (κ1) is 16.2. The van der Waals surface area contributed by atoms with Gasteiger partial charge < -0.3 is 10.2 Å². The summed E-state index contributed by atoms with van der Waals surface area (Å²) in [7, 11) is 0. The Kier molecular flexibility index (Phi) is 6.98. The molecule has 2 rings (SSSR count). The van der Waals surface area contributed by atoms with Crippen LogP contribution < -0.4 is 0 Å². The van der Waals surface area contributed by atoms with E-state index < -0.39 is 11.9 Å². The SMILES string of the molecule is O=C(O)CCC(=O)O.c1cncc(Cc2cnnnc2)c1. The summed E-state index contributed by atoms with van der Waals surface area (Å²) in [4.78, 5) is 23.3. The lowest BCUT2D eigenvalue weighted by Gasteiger charge is -1.97. The van der Waals surface area contributed by atoms with Crippen LogP contribution in [0.2, 0.25) is 0 Å². The van der Waals surface area contributed by atoms with E-state index in [1.165, 1.54) is 0 Å². The van der Waals surface area contributed by atoms with Crippen molar-refractivity contribution in [1.29, 1.82) is 0 Å². The summed E-state index contributed by atoms with van der Waals surface area (Å²) in [6.07, 6.45) is 7.22. The van der Waals surface area contributed by atoms with E-state index in [9.17, 15) is 9.59 Å². The molecule has 0 fully saturated rings. The first-order valence-electron chi connectivity index (χ1n) is 6.02. The van der Waals surface area contributed by atoms with Gasteiger partial charge in [-0.05, 0) is 22.4 Å². The molecule has 0 bridgehead atoms. The summed E-state index contributed by atoms with van der Waals surface area (Å²) >= 11 is 0. The Morgan fingerprint density at radius 3 is 2.05 bits per heavy atom. The van der Waals surface area contributed by atoms with Crippen molar-refractivity contribution in [3.63, 3.8) is 0 Å². The van der Waals surface area contributed by atoms with E-state index >= 15 is 0 Å². The monoisotopic (exact) mass is 290 g/mol. The zero-order valence-electron chi connectivity index (χ0n) is 11.1. The largest absolute Gasteiger partial charge is 0.481 e. The Balaban J connectivity index is 0.000000240. The maximum atomic E-state index is 9.64. The molecule has 0 spiro atoms. The number of carbonyl (C=O) groups is 2. The lowest BCUT2D eigenvalue weighted by Crippen LogP contribution is -2.00. The second kappa shape index (κ2) is 9.08. The van der Waals surface area contributed by atoms with E-state index in [4.69, 9.17) is 10.2 Å². The van der Waals surface area contributed by atoms with Crippen LogP contribution in [0, 0.1) is 0 Å². The topological polar surface area (TPSA) is 126 Å². The second-order valence-electron chi connectivity index (χ2n) is 3.98. The first-order chi connectivity index (χ1) is 10.1. The Labute approximate surface area is 120 Å². The number of hydrogen-bond acceptors (Lipinski definition) is 6. The van der Waals surface area contributed by atoms with Gasteiger partial charge in [-0.15, -0.1) is 10.2 Å². The van der Waals surface area contributed by atoms with Gasteiger partial charge in [0.2, 0.25) is 0 Å². The van der Waals surface area contributed by atoms with Gasteiger partial charge >= 0.3 is 11.9 Å². The standard InChI is InChI=1S/C9H8N4.C4H6O4/c1-2-8(5-10-3-1)4-9-6-11-13-12-7-9;5-3(6)1-2-4(7)8/h1-3,5-7H,4H2;1-2H2,(H,5,6)(H,7,8). The fourth-order valence-corrected chi connectivity index (χ4v) is 1.31. The molecule has 0 aliphatic carbocycles. The minimum Gasteiger partial charge on any atom is -0.481 e. The summed E-state index contributed by atoms with van der Waals surface area (Å²) in [5, 5.41) is 26.7. The van der Waals surface area contributed by atoms with E-state index in [0.717, 1.165) is 17.5 Å². The molecule has 0 aliphatic rings. The maximum absolute atomic E-state index is 9.64. The molecule has 0 aromatic carbocycles. The zero-order valence-corrected chi connectivity index (χ0v) is 11.1. The molecule has 0 atom stereocenters. The van der Waals surface area contributed by atoms with Crippen molar-refractivity contribution in [2.75, 3.05) is 0 Å². The molecule has 2 aromatic rings. The summed E-state index contributed by atoms with van der Waals surface area (Å²) in [6.45, 7) is 0. The van der Waals surface area contributed by atoms with Gasteiger partial charge in [-0.2, -0.15) is 0 Å². The van der Waals surface area contributed by atoms with Crippen LogP contribution in [0.1, 0.15) is 24.0 Å². The lowest BCUT2D eigenvalue weighted by molar-refractivity contribution is -0.143. The molecule has 21 heavy (non-hydrogen) atoms. The zero-order chi connectivity index (χ0) is 15.5. The van der Waals surface area contributed by atoms with Gasteiger partial charge in [0.15, 0.2) is 0 Å². The molecule has 0 saturated carbocycles. The van der Waals surface area contributed by atoms with Gasteiger partial charge in [0, 0.05) is 18.8 Å². The predicted molar refractivity (Wildman–Crippen MR) is 71.4 cm³/mol. The fraction of sp³-hybridized carbons (Fsp3) is 0.231. The number of nitrogens with zero attached hydrogens (tertiary/aromatic N) is 4. The van der Waals surface area contributed by atoms with Crippen LogP contribution in [0.15, 0.2) is 36.9 Å². The second-order valence-corrected chi connectivity index (χ2v) is 3.98. The summed E-state index contributed by atoms with van der Waals surface area (Å²) in [6, 6.07) is 3.94. The van der Waals surface area contributed by atoms with E-state index in [1.807, 2.05) is 18.3 Å². The van der Waals surface area contributed by atoms with Crippen molar-refractivity contribution in [2.45, 2.75) is 19.3 Å². The van der Waals surface area contributed by atoms with Gasteiger partial charge in [0.1, 0.15) is 0 Å². The molecule has 0 unspecified atom stereocenters. The van der Waals surface area contributed by atoms with Crippen molar-refractivity contribution < 1.29 is 19.8 Å². The van der Waals surface area contributed by atoms with Gasteiger partial charge in [0.25, 0.3) is 0 Å². The van der Waals surface area contributed by atoms with Crippen LogP contribution >= 0.6 is 0 Å². The average molecular weight is 290 g/mol. The van der Waals surface area contributed by atoms with Crippen molar-refractivity contribution in [2.24, 2.45) is 0 Å². The molecule has 8 nitrogen and oxygen atoms in total. The number of pyridine rings is 1. The van der Waals surface area contributed by atoms with Gasteiger partial charge in [-0.25, -0.2) is 0 Å². The third-order valence-corrected chi connectivity index (χ3v) is 2.23.